The highest BCUT2D eigenvalue weighted by Crippen LogP contribution is 2.38. The van der Waals surface area contributed by atoms with Gasteiger partial charge in [0.15, 0.2) is 5.69 Å². The van der Waals surface area contributed by atoms with Crippen molar-refractivity contribution in [2.45, 2.75) is 19.6 Å². The molecule has 0 aliphatic carbocycles. The third-order valence-electron chi connectivity index (χ3n) is 5.36. The Kier molecular flexibility index (Phi) is 4.04. The number of benzene rings is 2. The second-order valence-electron chi connectivity index (χ2n) is 7.30. The predicted octanol–water partition coefficient (Wildman–Crippen LogP) is 4.18. The molecular formula is C22H15F3N4O2. The summed E-state index contributed by atoms with van der Waals surface area (Å²) in [5.41, 5.74) is -0.508. The molecule has 31 heavy (non-hydrogen) atoms. The number of nitrogens with zero attached hydrogens (tertiary/aromatic N) is 3. The standard InChI is InChI=1S/C22H15F3N4O2/c1-12-17(28-11-14-9-5-6-10-15(14)20(28)30)21(31)29-19(26-12)16(13-7-3-2-4-8-13)18(27-29)22(23,24)25/h2-10,26H,11H2,1H3. The van der Waals surface area contributed by atoms with E-state index in [2.05, 4.69) is 10.1 Å². The van der Waals surface area contributed by atoms with E-state index >= 15 is 0 Å². The van der Waals surface area contributed by atoms with Crippen LogP contribution in [-0.4, -0.2) is 20.5 Å². The van der Waals surface area contributed by atoms with Gasteiger partial charge >= 0.3 is 6.18 Å². The van der Waals surface area contributed by atoms with Crippen molar-refractivity contribution in [2.75, 3.05) is 4.90 Å². The van der Waals surface area contributed by atoms with Crippen molar-refractivity contribution in [1.29, 1.82) is 0 Å². The molecule has 1 N–H and O–H groups in total. The molecule has 0 fully saturated rings. The van der Waals surface area contributed by atoms with Crippen molar-refractivity contribution in [3.05, 3.63) is 87.5 Å². The maximum atomic E-state index is 13.8. The molecule has 1 amide bonds. The van der Waals surface area contributed by atoms with Crippen LogP contribution in [-0.2, 0) is 12.7 Å². The van der Waals surface area contributed by atoms with Gasteiger partial charge in [-0.15, -0.1) is 0 Å². The van der Waals surface area contributed by atoms with E-state index in [4.69, 9.17) is 0 Å². The summed E-state index contributed by atoms with van der Waals surface area (Å²) in [6.07, 6.45) is -4.77. The van der Waals surface area contributed by atoms with Gasteiger partial charge in [-0.2, -0.15) is 22.8 Å². The maximum absolute atomic E-state index is 13.8. The van der Waals surface area contributed by atoms with Crippen LogP contribution in [0, 0.1) is 6.92 Å². The number of hydrogen-bond acceptors (Lipinski definition) is 3. The van der Waals surface area contributed by atoms with Crippen LogP contribution in [0.2, 0.25) is 0 Å². The lowest BCUT2D eigenvalue weighted by molar-refractivity contribution is -0.140. The molecule has 1 aliphatic heterocycles. The normalized spacial score (nSPS) is 13.8. The third kappa shape index (κ3) is 2.84. The molecule has 156 valence electrons. The highest BCUT2D eigenvalue weighted by Gasteiger charge is 2.40. The third-order valence-corrected chi connectivity index (χ3v) is 5.36. The lowest BCUT2D eigenvalue weighted by atomic mass is 10.1. The van der Waals surface area contributed by atoms with Crippen LogP contribution in [0.15, 0.2) is 59.4 Å². The number of amides is 1. The Morgan fingerprint density at radius 1 is 1.00 bits per heavy atom. The zero-order valence-corrected chi connectivity index (χ0v) is 16.2. The minimum Gasteiger partial charge on any atom is -0.341 e. The molecule has 1 aliphatic rings. The van der Waals surface area contributed by atoms with Gasteiger partial charge < -0.3 is 4.98 Å². The van der Waals surface area contributed by atoms with E-state index in [0.29, 0.717) is 10.1 Å². The van der Waals surface area contributed by atoms with Crippen molar-refractivity contribution in [3.8, 4) is 11.1 Å². The number of aryl methyl sites for hydroxylation is 1. The van der Waals surface area contributed by atoms with E-state index in [1.165, 1.54) is 17.0 Å². The summed E-state index contributed by atoms with van der Waals surface area (Å²) in [6.45, 7) is 1.71. The van der Waals surface area contributed by atoms with E-state index in [1.54, 1.807) is 49.4 Å². The zero-order valence-electron chi connectivity index (χ0n) is 16.2. The van der Waals surface area contributed by atoms with Crippen molar-refractivity contribution in [3.63, 3.8) is 0 Å². The molecule has 6 nitrogen and oxygen atoms in total. The first-order chi connectivity index (χ1) is 14.8. The quantitative estimate of drug-likeness (QED) is 0.525. The molecule has 0 spiro atoms. The number of carbonyl (C=O) groups excluding carboxylic acids is 1. The van der Waals surface area contributed by atoms with Crippen LogP contribution in [0.25, 0.3) is 16.8 Å². The number of rotatable bonds is 2. The predicted molar refractivity (Wildman–Crippen MR) is 108 cm³/mol. The summed E-state index contributed by atoms with van der Waals surface area (Å²) < 4.78 is 42.1. The SMILES string of the molecule is Cc1[nH]c2c(-c3ccccc3)c(C(F)(F)F)nn2c(=O)c1N1Cc2ccccc2C1=O. The summed E-state index contributed by atoms with van der Waals surface area (Å²) in [5.74, 6) is -0.380. The Labute approximate surface area is 173 Å². The fourth-order valence-corrected chi connectivity index (χ4v) is 4.01. The van der Waals surface area contributed by atoms with E-state index in [-0.39, 0.29) is 40.6 Å². The molecule has 2 aromatic carbocycles. The van der Waals surface area contributed by atoms with Crippen LogP contribution in [0.1, 0.15) is 27.3 Å². The number of halogens is 3. The largest absolute Gasteiger partial charge is 0.435 e. The van der Waals surface area contributed by atoms with Gasteiger partial charge in [-0.05, 0) is 24.1 Å². The van der Waals surface area contributed by atoms with E-state index in [0.717, 1.165) is 5.56 Å². The average molecular weight is 424 g/mol. The molecule has 4 aromatic rings. The van der Waals surface area contributed by atoms with Gasteiger partial charge in [0, 0.05) is 11.3 Å². The highest BCUT2D eigenvalue weighted by molar-refractivity contribution is 6.10. The van der Waals surface area contributed by atoms with Crippen molar-refractivity contribution in [1.82, 2.24) is 14.6 Å². The van der Waals surface area contributed by atoms with Gasteiger partial charge in [-0.1, -0.05) is 48.5 Å². The molecule has 2 aromatic heterocycles. The second-order valence-corrected chi connectivity index (χ2v) is 7.30. The van der Waals surface area contributed by atoms with Gasteiger partial charge in [0.25, 0.3) is 11.5 Å². The molecule has 0 atom stereocenters. The van der Waals surface area contributed by atoms with Gasteiger partial charge in [0.2, 0.25) is 0 Å². The Hall–Kier alpha value is -3.88. The van der Waals surface area contributed by atoms with Crippen LogP contribution in [0.5, 0.6) is 0 Å². The fraction of sp³-hybridized carbons (Fsp3) is 0.136. The van der Waals surface area contributed by atoms with Gasteiger partial charge in [0.05, 0.1) is 12.1 Å². The summed E-state index contributed by atoms with van der Waals surface area (Å²) in [4.78, 5) is 30.3. The van der Waals surface area contributed by atoms with Crippen molar-refractivity contribution >= 4 is 17.2 Å². The van der Waals surface area contributed by atoms with Crippen LogP contribution in [0.3, 0.4) is 0 Å². The minimum absolute atomic E-state index is 0.0236. The van der Waals surface area contributed by atoms with Gasteiger partial charge in [0.1, 0.15) is 11.3 Å². The summed E-state index contributed by atoms with van der Waals surface area (Å²) in [5, 5.41) is 3.62. The van der Waals surface area contributed by atoms with Crippen LogP contribution in [0.4, 0.5) is 18.9 Å². The van der Waals surface area contributed by atoms with Gasteiger partial charge in [-0.25, -0.2) is 0 Å². The molecule has 0 bridgehead atoms. The molecule has 0 unspecified atom stereocenters. The Morgan fingerprint density at radius 3 is 2.35 bits per heavy atom. The lowest BCUT2D eigenvalue weighted by Gasteiger charge is -2.17. The van der Waals surface area contributed by atoms with Crippen LogP contribution < -0.4 is 10.5 Å². The molecule has 3 heterocycles. The van der Waals surface area contributed by atoms with Crippen LogP contribution >= 0.6 is 0 Å². The number of aromatic amines is 1. The second kappa shape index (κ2) is 6.56. The Balaban J connectivity index is 1.77. The first kappa shape index (κ1) is 19.1. The Bertz CT molecular complexity index is 1400. The highest BCUT2D eigenvalue weighted by atomic mass is 19.4. The molecule has 0 saturated heterocycles. The molecule has 0 radical (unpaired) electrons. The van der Waals surface area contributed by atoms with Gasteiger partial charge in [-0.3, -0.25) is 14.5 Å². The minimum atomic E-state index is -4.77. The number of nitrogens with one attached hydrogen (secondary N) is 1. The number of hydrogen-bond donors (Lipinski definition) is 1. The molecule has 0 saturated carbocycles. The maximum Gasteiger partial charge on any atom is 0.435 e. The molecular weight excluding hydrogens is 409 g/mol. The smallest absolute Gasteiger partial charge is 0.341 e. The Morgan fingerprint density at radius 2 is 1.68 bits per heavy atom. The van der Waals surface area contributed by atoms with Crippen molar-refractivity contribution in [2.24, 2.45) is 0 Å². The fourth-order valence-electron chi connectivity index (χ4n) is 4.01. The van der Waals surface area contributed by atoms with E-state index in [9.17, 15) is 22.8 Å². The lowest BCUT2D eigenvalue weighted by Crippen LogP contribution is -2.32. The van der Waals surface area contributed by atoms with E-state index < -0.39 is 17.4 Å². The number of aromatic nitrogens is 3. The average Bonchev–Trinajstić information content (AvgIpc) is 3.28. The monoisotopic (exact) mass is 424 g/mol. The first-order valence-corrected chi connectivity index (χ1v) is 9.45. The molecule has 9 heteroatoms. The van der Waals surface area contributed by atoms with E-state index in [1.807, 2.05) is 0 Å². The number of carbonyl (C=O) groups is 1. The first-order valence-electron chi connectivity index (χ1n) is 9.45. The zero-order chi connectivity index (χ0) is 21.9. The summed E-state index contributed by atoms with van der Waals surface area (Å²) >= 11 is 0. The summed E-state index contributed by atoms with van der Waals surface area (Å²) in [6, 6.07) is 14.9. The number of fused-ring (bicyclic) bond motifs is 2. The summed E-state index contributed by atoms with van der Waals surface area (Å²) in [7, 11) is 0. The topological polar surface area (TPSA) is 70.5 Å². The van der Waals surface area contributed by atoms with Crippen molar-refractivity contribution < 1.29 is 18.0 Å². The number of anilines is 1. The number of alkyl halides is 3. The molecule has 5 rings (SSSR count). The number of H-pyrrole nitrogens is 1.